The van der Waals surface area contributed by atoms with Crippen molar-refractivity contribution < 1.29 is 18.7 Å². The fourth-order valence-electron chi connectivity index (χ4n) is 4.19. The number of amides is 2. The summed E-state index contributed by atoms with van der Waals surface area (Å²) in [6, 6.07) is 2.74. The summed E-state index contributed by atoms with van der Waals surface area (Å²) in [7, 11) is 0. The fourth-order valence-corrected chi connectivity index (χ4v) is 4.19. The van der Waals surface area contributed by atoms with Crippen molar-refractivity contribution in [2.75, 3.05) is 19.6 Å². The summed E-state index contributed by atoms with van der Waals surface area (Å²) in [5, 5.41) is 0. The standard InChI is InChI=1S/C22H27FN4O4/c1-22(2,3)31-21(30)26-9-4-5-14(11-26)19(28)25-10-8-17-16(13-25)20(29)27-12-15(23)6-7-18(27)24-17/h6-7,12,14H,4-5,8-11,13H2,1-3H3/t14-/m0/s1. The number of pyridine rings is 1. The number of likely N-dealkylation sites (tertiary alicyclic amines) is 1. The Morgan fingerprint density at radius 3 is 2.71 bits per heavy atom. The maximum Gasteiger partial charge on any atom is 0.410 e. The van der Waals surface area contributed by atoms with Crippen LogP contribution in [0.25, 0.3) is 5.65 Å². The molecule has 0 aliphatic carbocycles. The van der Waals surface area contributed by atoms with Crippen LogP contribution in [0.15, 0.2) is 23.1 Å². The molecular formula is C22H27FN4O4. The normalized spacial score (nSPS) is 19.3. The van der Waals surface area contributed by atoms with Crippen LogP contribution < -0.4 is 5.56 Å². The van der Waals surface area contributed by atoms with E-state index in [4.69, 9.17) is 4.74 Å². The summed E-state index contributed by atoms with van der Waals surface area (Å²) in [5.41, 5.74) is 0.519. The SMILES string of the molecule is CC(C)(C)OC(=O)N1CCC[C@H](C(=O)N2CCc3nc4ccc(F)cn4c(=O)c3C2)C1. The minimum absolute atomic E-state index is 0.0809. The highest BCUT2D eigenvalue weighted by Gasteiger charge is 2.35. The minimum Gasteiger partial charge on any atom is -0.444 e. The molecule has 1 atom stereocenters. The Kier molecular flexibility index (Phi) is 5.45. The number of carbonyl (C=O) groups excluding carboxylic acids is 2. The van der Waals surface area contributed by atoms with E-state index in [9.17, 15) is 18.8 Å². The number of halogens is 1. The first-order valence-corrected chi connectivity index (χ1v) is 10.6. The van der Waals surface area contributed by atoms with Gasteiger partial charge in [0.25, 0.3) is 5.56 Å². The average molecular weight is 430 g/mol. The lowest BCUT2D eigenvalue weighted by molar-refractivity contribution is -0.138. The van der Waals surface area contributed by atoms with E-state index in [1.807, 2.05) is 20.8 Å². The van der Waals surface area contributed by atoms with Crippen molar-refractivity contribution in [3.63, 3.8) is 0 Å². The number of hydrogen-bond donors (Lipinski definition) is 0. The third kappa shape index (κ3) is 4.40. The average Bonchev–Trinajstić information content (AvgIpc) is 2.73. The Morgan fingerprint density at radius 2 is 1.97 bits per heavy atom. The van der Waals surface area contributed by atoms with Crippen molar-refractivity contribution in [2.45, 2.75) is 52.2 Å². The van der Waals surface area contributed by atoms with Crippen molar-refractivity contribution in [1.82, 2.24) is 19.2 Å². The van der Waals surface area contributed by atoms with Crippen LogP contribution in [0.1, 0.15) is 44.9 Å². The molecule has 0 aromatic carbocycles. The number of hydrogen-bond acceptors (Lipinski definition) is 5. The second-order valence-corrected chi connectivity index (χ2v) is 9.19. The van der Waals surface area contributed by atoms with E-state index in [0.717, 1.165) is 6.20 Å². The predicted octanol–water partition coefficient (Wildman–Crippen LogP) is 2.37. The smallest absolute Gasteiger partial charge is 0.410 e. The van der Waals surface area contributed by atoms with Gasteiger partial charge in [-0.3, -0.25) is 14.0 Å². The van der Waals surface area contributed by atoms with Gasteiger partial charge in [-0.25, -0.2) is 14.2 Å². The fraction of sp³-hybridized carbons (Fsp3) is 0.545. The number of nitrogens with zero attached hydrogens (tertiary/aromatic N) is 4. The number of carbonyl (C=O) groups is 2. The number of aromatic nitrogens is 2. The molecule has 0 saturated carbocycles. The largest absolute Gasteiger partial charge is 0.444 e. The van der Waals surface area contributed by atoms with Gasteiger partial charge in [0.15, 0.2) is 0 Å². The van der Waals surface area contributed by atoms with Crippen LogP contribution in [0.3, 0.4) is 0 Å². The second kappa shape index (κ2) is 7.94. The first kappa shape index (κ1) is 21.3. The summed E-state index contributed by atoms with van der Waals surface area (Å²) in [5.74, 6) is -0.941. The molecule has 2 aliphatic heterocycles. The highest BCUT2D eigenvalue weighted by Crippen LogP contribution is 2.24. The Bertz CT molecular complexity index is 1090. The van der Waals surface area contributed by atoms with E-state index < -0.39 is 17.5 Å². The lowest BCUT2D eigenvalue weighted by Crippen LogP contribution is -2.49. The molecule has 31 heavy (non-hydrogen) atoms. The van der Waals surface area contributed by atoms with Gasteiger partial charge in [-0.2, -0.15) is 0 Å². The van der Waals surface area contributed by atoms with E-state index >= 15 is 0 Å². The maximum absolute atomic E-state index is 13.6. The number of ether oxygens (including phenoxy) is 1. The zero-order valence-electron chi connectivity index (χ0n) is 18.1. The molecule has 4 rings (SSSR count). The van der Waals surface area contributed by atoms with Crippen LogP contribution >= 0.6 is 0 Å². The Labute approximate surface area is 179 Å². The molecule has 0 radical (unpaired) electrons. The third-order valence-electron chi connectivity index (χ3n) is 5.67. The molecule has 2 amide bonds. The molecule has 2 aromatic rings. The van der Waals surface area contributed by atoms with E-state index in [2.05, 4.69) is 4.98 Å². The molecule has 2 aliphatic rings. The summed E-state index contributed by atoms with van der Waals surface area (Å²) in [4.78, 5) is 46.2. The van der Waals surface area contributed by atoms with Crippen LogP contribution in [0.2, 0.25) is 0 Å². The molecule has 4 heterocycles. The maximum atomic E-state index is 13.6. The van der Waals surface area contributed by atoms with E-state index in [1.54, 1.807) is 9.80 Å². The number of rotatable bonds is 1. The van der Waals surface area contributed by atoms with Crippen LogP contribution in [-0.4, -0.2) is 56.4 Å². The zero-order valence-corrected chi connectivity index (χ0v) is 18.1. The third-order valence-corrected chi connectivity index (χ3v) is 5.67. The first-order valence-electron chi connectivity index (χ1n) is 10.6. The van der Waals surface area contributed by atoms with Gasteiger partial charge in [-0.05, 0) is 45.7 Å². The van der Waals surface area contributed by atoms with Gasteiger partial charge in [0.1, 0.15) is 17.1 Å². The van der Waals surface area contributed by atoms with Crippen LogP contribution in [0, 0.1) is 11.7 Å². The zero-order chi connectivity index (χ0) is 22.3. The summed E-state index contributed by atoms with van der Waals surface area (Å²) >= 11 is 0. The minimum atomic E-state index is -0.595. The van der Waals surface area contributed by atoms with Gasteiger partial charge in [-0.1, -0.05) is 0 Å². The topological polar surface area (TPSA) is 84.2 Å². The summed E-state index contributed by atoms with van der Waals surface area (Å²) < 4.78 is 20.2. The molecule has 9 heteroatoms. The molecule has 1 fully saturated rings. The molecule has 8 nitrogen and oxygen atoms in total. The molecule has 0 spiro atoms. The number of piperidine rings is 1. The van der Waals surface area contributed by atoms with Crippen molar-refractivity contribution in [1.29, 1.82) is 0 Å². The lowest BCUT2D eigenvalue weighted by atomic mass is 9.95. The molecular weight excluding hydrogens is 403 g/mol. The Hall–Kier alpha value is -2.97. The summed E-state index contributed by atoms with van der Waals surface area (Å²) in [6.45, 7) is 6.89. The summed E-state index contributed by atoms with van der Waals surface area (Å²) in [6.07, 6.45) is 2.57. The van der Waals surface area contributed by atoms with Gasteiger partial charge in [-0.15, -0.1) is 0 Å². The van der Waals surface area contributed by atoms with Gasteiger partial charge >= 0.3 is 6.09 Å². The van der Waals surface area contributed by atoms with Crippen LogP contribution in [-0.2, 0) is 22.5 Å². The van der Waals surface area contributed by atoms with E-state index in [1.165, 1.54) is 16.5 Å². The van der Waals surface area contributed by atoms with Crippen molar-refractivity contribution in [2.24, 2.45) is 5.92 Å². The van der Waals surface area contributed by atoms with Gasteiger partial charge in [0.2, 0.25) is 5.91 Å². The monoisotopic (exact) mass is 430 g/mol. The number of fused-ring (bicyclic) bond motifs is 2. The van der Waals surface area contributed by atoms with Crippen LogP contribution in [0.5, 0.6) is 0 Å². The van der Waals surface area contributed by atoms with Crippen molar-refractivity contribution >= 4 is 17.6 Å². The molecule has 2 aromatic heterocycles. The van der Waals surface area contributed by atoms with Gasteiger partial charge in [0, 0.05) is 32.3 Å². The molecule has 166 valence electrons. The molecule has 0 unspecified atom stereocenters. The lowest BCUT2D eigenvalue weighted by Gasteiger charge is -2.36. The highest BCUT2D eigenvalue weighted by atomic mass is 19.1. The van der Waals surface area contributed by atoms with Gasteiger partial charge < -0.3 is 14.5 Å². The van der Waals surface area contributed by atoms with E-state index in [-0.39, 0.29) is 23.9 Å². The molecule has 0 bridgehead atoms. The molecule has 1 saturated heterocycles. The van der Waals surface area contributed by atoms with Gasteiger partial charge in [0.05, 0.1) is 23.7 Å². The first-order chi connectivity index (χ1) is 14.6. The Morgan fingerprint density at radius 1 is 1.19 bits per heavy atom. The van der Waals surface area contributed by atoms with Crippen molar-refractivity contribution in [3.05, 3.63) is 45.8 Å². The molecule has 0 N–H and O–H groups in total. The second-order valence-electron chi connectivity index (χ2n) is 9.19. The van der Waals surface area contributed by atoms with E-state index in [0.29, 0.717) is 55.8 Å². The Balaban J connectivity index is 1.51. The van der Waals surface area contributed by atoms with Crippen molar-refractivity contribution in [3.8, 4) is 0 Å². The predicted molar refractivity (Wildman–Crippen MR) is 111 cm³/mol. The quantitative estimate of drug-likeness (QED) is 0.694. The van der Waals surface area contributed by atoms with Crippen LogP contribution in [0.4, 0.5) is 9.18 Å². The highest BCUT2D eigenvalue weighted by molar-refractivity contribution is 5.80.